The summed E-state index contributed by atoms with van der Waals surface area (Å²) >= 11 is 0. The molecular formula is C22H26. The molecule has 0 N–H and O–H groups in total. The van der Waals surface area contributed by atoms with Crippen molar-refractivity contribution >= 4 is 0 Å². The predicted molar refractivity (Wildman–Crippen MR) is 98.3 cm³/mol. The summed E-state index contributed by atoms with van der Waals surface area (Å²) in [6.45, 7) is 8.38. The average molecular weight is 290 g/mol. The Balaban J connectivity index is 0.000000166. The molecule has 0 amide bonds. The van der Waals surface area contributed by atoms with Gasteiger partial charge in [-0.3, -0.25) is 0 Å². The van der Waals surface area contributed by atoms with Gasteiger partial charge in [0.2, 0.25) is 0 Å². The molecule has 0 saturated heterocycles. The molecular weight excluding hydrogens is 264 g/mol. The Hall–Kier alpha value is -2.34. The van der Waals surface area contributed by atoms with Crippen molar-refractivity contribution in [2.75, 3.05) is 0 Å². The largest absolute Gasteiger partial charge is 0.0622 e. The van der Waals surface area contributed by atoms with Crippen LogP contribution in [0.1, 0.15) is 22.3 Å². The fourth-order valence-electron chi connectivity index (χ4n) is 1.88. The van der Waals surface area contributed by atoms with Gasteiger partial charge in [0.15, 0.2) is 0 Å². The number of hydrogen-bond acceptors (Lipinski definition) is 0. The molecule has 0 saturated carbocycles. The zero-order chi connectivity index (χ0) is 16.2. The van der Waals surface area contributed by atoms with Crippen molar-refractivity contribution in [3.8, 4) is 0 Å². The maximum absolute atomic E-state index is 2.17. The molecule has 0 aliphatic carbocycles. The van der Waals surface area contributed by atoms with Crippen LogP contribution in [0.5, 0.6) is 0 Å². The first kappa shape index (κ1) is 17.7. The second-order valence-corrected chi connectivity index (χ2v) is 5.47. The molecule has 0 radical (unpaired) electrons. The van der Waals surface area contributed by atoms with Gasteiger partial charge in [-0.25, -0.2) is 0 Å². The van der Waals surface area contributed by atoms with Crippen molar-refractivity contribution in [3.63, 3.8) is 0 Å². The fourth-order valence-corrected chi connectivity index (χ4v) is 1.88. The fraction of sp³-hybridized carbons (Fsp3) is 0.182. The van der Waals surface area contributed by atoms with Gasteiger partial charge in [0, 0.05) is 0 Å². The third kappa shape index (κ3) is 8.76. The van der Waals surface area contributed by atoms with Crippen molar-refractivity contribution < 1.29 is 0 Å². The Kier molecular flexibility index (Phi) is 8.37. The molecule has 22 heavy (non-hydrogen) atoms. The molecule has 0 fully saturated rings. The Morgan fingerprint density at radius 1 is 0.364 bits per heavy atom. The second-order valence-electron chi connectivity index (χ2n) is 5.47. The molecule has 114 valence electrons. The summed E-state index contributed by atoms with van der Waals surface area (Å²) in [6, 6.07) is 29.0. The first-order valence-corrected chi connectivity index (χ1v) is 7.64. The molecule has 0 aromatic heterocycles. The normalized spacial score (nSPS) is 8.91. The molecule has 0 atom stereocenters. The van der Waals surface area contributed by atoms with E-state index in [0.717, 1.165) is 0 Å². The quantitative estimate of drug-likeness (QED) is 0.456. The highest BCUT2D eigenvalue weighted by Crippen LogP contribution is 2.00. The van der Waals surface area contributed by atoms with E-state index in [9.17, 15) is 0 Å². The molecule has 0 nitrogen and oxygen atoms in total. The van der Waals surface area contributed by atoms with Gasteiger partial charge in [-0.1, -0.05) is 107 Å². The van der Waals surface area contributed by atoms with E-state index in [1.807, 2.05) is 36.4 Å². The van der Waals surface area contributed by atoms with Crippen LogP contribution in [0.4, 0.5) is 0 Å². The first-order chi connectivity index (χ1) is 10.6. The van der Waals surface area contributed by atoms with Gasteiger partial charge in [0.25, 0.3) is 0 Å². The standard InChI is InChI=1S/C8H10.2C7H8/c1-7-4-3-5-8(2)6-7;2*1-7-5-3-2-4-6-7/h3-6H,1-2H3;2*2-6H,1H3. The van der Waals surface area contributed by atoms with Crippen molar-refractivity contribution in [1.29, 1.82) is 0 Å². The minimum Gasteiger partial charge on any atom is -0.0622 e. The van der Waals surface area contributed by atoms with Gasteiger partial charge >= 0.3 is 0 Å². The smallest absolute Gasteiger partial charge is 0.0398 e. The maximum Gasteiger partial charge on any atom is -0.0398 e. The predicted octanol–water partition coefficient (Wildman–Crippen LogP) is 6.29. The molecule has 0 aliphatic heterocycles. The minimum atomic E-state index is 1.32. The average Bonchev–Trinajstić information content (AvgIpc) is 2.50. The third-order valence-electron chi connectivity index (χ3n) is 3.05. The highest BCUT2D eigenvalue weighted by Gasteiger charge is 1.80. The zero-order valence-corrected chi connectivity index (χ0v) is 14.1. The van der Waals surface area contributed by atoms with Crippen molar-refractivity contribution in [1.82, 2.24) is 0 Å². The summed E-state index contributed by atoms with van der Waals surface area (Å²) in [5.41, 5.74) is 5.32. The van der Waals surface area contributed by atoms with Gasteiger partial charge in [-0.15, -0.1) is 0 Å². The highest BCUT2D eigenvalue weighted by molar-refractivity contribution is 5.20. The second kappa shape index (κ2) is 10.4. The Bertz CT molecular complexity index is 570. The molecule has 0 aliphatic rings. The van der Waals surface area contributed by atoms with E-state index in [-0.39, 0.29) is 0 Å². The summed E-state index contributed by atoms with van der Waals surface area (Å²) in [5, 5.41) is 0. The van der Waals surface area contributed by atoms with Crippen LogP contribution in [0.25, 0.3) is 0 Å². The van der Waals surface area contributed by atoms with Crippen LogP contribution in [0.3, 0.4) is 0 Å². The molecule has 0 bridgehead atoms. The maximum atomic E-state index is 2.17. The van der Waals surface area contributed by atoms with Crippen LogP contribution in [-0.4, -0.2) is 0 Å². The zero-order valence-electron chi connectivity index (χ0n) is 14.1. The van der Waals surface area contributed by atoms with Crippen LogP contribution >= 0.6 is 0 Å². The lowest BCUT2D eigenvalue weighted by Crippen LogP contribution is -1.71. The van der Waals surface area contributed by atoms with Crippen LogP contribution in [-0.2, 0) is 0 Å². The molecule has 0 unspecified atom stereocenters. The topological polar surface area (TPSA) is 0 Å². The summed E-state index contributed by atoms with van der Waals surface area (Å²) in [7, 11) is 0. The summed E-state index contributed by atoms with van der Waals surface area (Å²) in [6.07, 6.45) is 0. The van der Waals surface area contributed by atoms with Gasteiger partial charge in [-0.05, 0) is 27.7 Å². The molecule has 3 aromatic rings. The van der Waals surface area contributed by atoms with Gasteiger partial charge in [-0.2, -0.15) is 0 Å². The molecule has 0 heteroatoms. The van der Waals surface area contributed by atoms with E-state index < -0.39 is 0 Å². The van der Waals surface area contributed by atoms with E-state index in [0.29, 0.717) is 0 Å². The number of benzene rings is 3. The summed E-state index contributed by atoms with van der Waals surface area (Å²) in [5.74, 6) is 0. The molecule has 0 spiro atoms. The minimum absolute atomic E-state index is 1.32. The number of rotatable bonds is 0. The Labute approximate surface area is 135 Å². The summed E-state index contributed by atoms with van der Waals surface area (Å²) < 4.78 is 0. The summed E-state index contributed by atoms with van der Waals surface area (Å²) in [4.78, 5) is 0. The van der Waals surface area contributed by atoms with Crippen molar-refractivity contribution in [2.24, 2.45) is 0 Å². The Morgan fingerprint density at radius 3 is 0.864 bits per heavy atom. The Morgan fingerprint density at radius 2 is 0.682 bits per heavy atom. The van der Waals surface area contributed by atoms with Gasteiger partial charge in [0.1, 0.15) is 0 Å². The van der Waals surface area contributed by atoms with Crippen LogP contribution in [0, 0.1) is 27.7 Å². The van der Waals surface area contributed by atoms with E-state index in [1.54, 1.807) is 0 Å². The number of hydrogen-bond donors (Lipinski definition) is 0. The molecule has 3 aromatic carbocycles. The van der Waals surface area contributed by atoms with E-state index in [1.165, 1.54) is 22.3 Å². The molecule has 0 heterocycles. The first-order valence-electron chi connectivity index (χ1n) is 7.64. The van der Waals surface area contributed by atoms with E-state index in [2.05, 4.69) is 76.2 Å². The van der Waals surface area contributed by atoms with E-state index in [4.69, 9.17) is 0 Å². The van der Waals surface area contributed by atoms with Gasteiger partial charge in [0.05, 0.1) is 0 Å². The van der Waals surface area contributed by atoms with Crippen LogP contribution in [0.15, 0.2) is 84.9 Å². The number of aryl methyl sites for hydroxylation is 4. The highest BCUT2D eigenvalue weighted by atomic mass is 13.9. The molecule has 3 rings (SSSR count). The van der Waals surface area contributed by atoms with Gasteiger partial charge < -0.3 is 0 Å². The van der Waals surface area contributed by atoms with Crippen molar-refractivity contribution in [2.45, 2.75) is 27.7 Å². The van der Waals surface area contributed by atoms with Crippen LogP contribution < -0.4 is 0 Å². The monoisotopic (exact) mass is 290 g/mol. The lowest BCUT2D eigenvalue weighted by Gasteiger charge is -1.90. The van der Waals surface area contributed by atoms with Crippen molar-refractivity contribution in [3.05, 3.63) is 107 Å². The lowest BCUT2D eigenvalue weighted by molar-refractivity contribution is 1.39. The lowest BCUT2D eigenvalue weighted by atomic mass is 10.2. The van der Waals surface area contributed by atoms with Crippen LogP contribution in [0.2, 0.25) is 0 Å². The third-order valence-corrected chi connectivity index (χ3v) is 3.05. The SMILES string of the molecule is Cc1cccc(C)c1.Cc1ccccc1.Cc1ccccc1. The van der Waals surface area contributed by atoms with E-state index >= 15 is 0 Å².